The van der Waals surface area contributed by atoms with Crippen molar-refractivity contribution in [1.82, 2.24) is 19.7 Å². The van der Waals surface area contributed by atoms with E-state index in [4.69, 9.17) is 9.47 Å². The fourth-order valence-corrected chi connectivity index (χ4v) is 3.84. The molecule has 1 amide bonds. The van der Waals surface area contributed by atoms with Gasteiger partial charge in [-0.05, 0) is 42.1 Å². The molecule has 3 aromatic heterocycles. The molecule has 0 saturated heterocycles. The summed E-state index contributed by atoms with van der Waals surface area (Å²) in [6.07, 6.45) is 1.51. The number of hydrogen-bond donors (Lipinski definition) is 2. The van der Waals surface area contributed by atoms with E-state index in [1.54, 1.807) is 37.4 Å². The molecule has 9 nitrogen and oxygen atoms in total. The van der Waals surface area contributed by atoms with Crippen molar-refractivity contribution in [2.75, 3.05) is 19.0 Å². The highest BCUT2D eigenvalue weighted by molar-refractivity contribution is 7.13. The third-order valence-corrected chi connectivity index (χ3v) is 5.56. The first-order valence-electron chi connectivity index (χ1n) is 10.4. The Balaban J connectivity index is 1.58. The molecule has 0 aliphatic carbocycles. The van der Waals surface area contributed by atoms with Crippen LogP contribution in [-0.2, 0) is 11.2 Å². The van der Waals surface area contributed by atoms with Crippen molar-refractivity contribution < 1.29 is 14.3 Å². The smallest absolute Gasteiger partial charge is 0.263 e. The van der Waals surface area contributed by atoms with Crippen molar-refractivity contribution in [2.24, 2.45) is 0 Å². The van der Waals surface area contributed by atoms with Gasteiger partial charge in [0.2, 0.25) is 5.95 Å². The lowest BCUT2D eigenvalue weighted by molar-refractivity contribution is -0.118. The number of carbonyl (C=O) groups is 1. The topological polar surface area (TPSA) is 111 Å². The number of aryl methyl sites for hydroxylation is 1. The normalized spacial score (nSPS) is 10.7. The van der Waals surface area contributed by atoms with Crippen molar-refractivity contribution in [1.29, 1.82) is 0 Å². The first-order valence-corrected chi connectivity index (χ1v) is 11.2. The van der Waals surface area contributed by atoms with Crippen LogP contribution in [0.3, 0.4) is 0 Å². The maximum absolute atomic E-state index is 12.6. The van der Waals surface area contributed by atoms with Gasteiger partial charge in [-0.25, -0.2) is 4.98 Å². The van der Waals surface area contributed by atoms with E-state index in [2.05, 4.69) is 20.4 Å². The highest BCUT2D eigenvalue weighted by atomic mass is 32.1. The molecule has 4 aromatic rings. The second kappa shape index (κ2) is 10.1. The Kier molecular flexibility index (Phi) is 6.84. The van der Waals surface area contributed by atoms with Gasteiger partial charge in [-0.2, -0.15) is 9.78 Å². The van der Waals surface area contributed by atoms with E-state index >= 15 is 0 Å². The largest absolute Gasteiger partial charge is 0.497 e. The molecule has 0 aliphatic heterocycles. The molecule has 0 fully saturated rings. The summed E-state index contributed by atoms with van der Waals surface area (Å²) < 4.78 is 12.1. The number of ether oxygens (including phenoxy) is 2. The number of amides is 1. The minimum absolute atomic E-state index is 0.203. The minimum atomic E-state index is -0.378. The van der Waals surface area contributed by atoms with Crippen LogP contribution in [0.2, 0.25) is 0 Å². The summed E-state index contributed by atoms with van der Waals surface area (Å²) in [6.45, 7) is 1.81. The molecule has 2 N–H and O–H groups in total. The zero-order valence-electron chi connectivity index (χ0n) is 18.2. The fourth-order valence-electron chi connectivity index (χ4n) is 3.15. The van der Waals surface area contributed by atoms with Crippen molar-refractivity contribution in [3.63, 3.8) is 0 Å². The molecule has 4 rings (SSSR count). The van der Waals surface area contributed by atoms with Crippen LogP contribution < -0.4 is 20.3 Å². The van der Waals surface area contributed by atoms with Gasteiger partial charge in [0.05, 0.1) is 12.0 Å². The average Bonchev–Trinajstić information content (AvgIpc) is 3.48. The van der Waals surface area contributed by atoms with Gasteiger partial charge in [-0.15, -0.1) is 11.3 Å². The van der Waals surface area contributed by atoms with E-state index in [0.717, 1.165) is 11.3 Å². The van der Waals surface area contributed by atoms with Crippen LogP contribution in [0.25, 0.3) is 16.5 Å². The van der Waals surface area contributed by atoms with Gasteiger partial charge in [0.15, 0.2) is 6.61 Å². The maximum atomic E-state index is 12.6. The van der Waals surface area contributed by atoms with Gasteiger partial charge in [-0.3, -0.25) is 14.6 Å². The van der Waals surface area contributed by atoms with Crippen LogP contribution in [-0.4, -0.2) is 39.4 Å². The monoisotopic (exact) mass is 465 g/mol. The summed E-state index contributed by atoms with van der Waals surface area (Å²) >= 11 is 1.52. The summed E-state index contributed by atoms with van der Waals surface area (Å²) in [6, 6.07) is 14.0. The van der Waals surface area contributed by atoms with Crippen LogP contribution in [0.15, 0.2) is 58.7 Å². The summed E-state index contributed by atoms with van der Waals surface area (Å²) in [5.41, 5.74) is 1.03. The molecule has 0 atom stereocenters. The van der Waals surface area contributed by atoms with Crippen LogP contribution in [0, 0.1) is 0 Å². The quantitative estimate of drug-likeness (QED) is 0.390. The number of hydrogen-bond acceptors (Lipinski definition) is 7. The number of anilines is 1. The van der Waals surface area contributed by atoms with E-state index in [0.29, 0.717) is 35.1 Å². The third kappa shape index (κ3) is 5.47. The fraction of sp³-hybridized carbons (Fsp3) is 0.217. The maximum Gasteiger partial charge on any atom is 0.263 e. The Morgan fingerprint density at radius 3 is 2.67 bits per heavy atom. The Morgan fingerprint density at radius 2 is 1.97 bits per heavy atom. The van der Waals surface area contributed by atoms with Gasteiger partial charge in [0, 0.05) is 17.8 Å². The van der Waals surface area contributed by atoms with Crippen LogP contribution in [0.1, 0.15) is 19.0 Å². The first-order chi connectivity index (χ1) is 16.1. The number of nitrogens with zero attached hydrogens (tertiary/aromatic N) is 3. The van der Waals surface area contributed by atoms with Crippen LogP contribution in [0.5, 0.6) is 11.5 Å². The predicted octanol–water partition coefficient (Wildman–Crippen LogP) is 3.66. The summed E-state index contributed by atoms with van der Waals surface area (Å²) in [4.78, 5) is 33.0. The first kappa shape index (κ1) is 22.3. The van der Waals surface area contributed by atoms with E-state index in [1.165, 1.54) is 22.1 Å². The summed E-state index contributed by atoms with van der Waals surface area (Å²) in [5, 5.41) is 9.33. The lowest BCUT2D eigenvalue weighted by Crippen LogP contribution is -2.23. The van der Waals surface area contributed by atoms with Gasteiger partial charge in [-0.1, -0.05) is 19.4 Å². The molecular weight excluding hydrogens is 442 g/mol. The SMILES string of the molecule is CCCc1cc(=O)[nH]c(-n2nc(-c3cccs3)cc2NC(=O)COc2ccc(OC)cc2)n1. The van der Waals surface area contributed by atoms with Crippen molar-refractivity contribution in [3.8, 4) is 28.0 Å². The second-order valence-corrected chi connectivity index (χ2v) is 8.07. The standard InChI is InChI=1S/C23H23N5O4S/c1-3-5-15-12-21(29)26-23(24-15)28-20(13-18(27-28)19-6-4-11-33-19)25-22(30)14-32-17-9-7-16(31-2)8-10-17/h4,6-13H,3,5,14H2,1-2H3,(H,25,30)(H,24,26,29). The number of methoxy groups -OCH3 is 1. The minimum Gasteiger partial charge on any atom is -0.497 e. The average molecular weight is 466 g/mol. The van der Waals surface area contributed by atoms with E-state index in [1.807, 2.05) is 24.4 Å². The Labute approximate surface area is 194 Å². The van der Waals surface area contributed by atoms with Crippen LogP contribution in [0.4, 0.5) is 5.82 Å². The number of aromatic nitrogens is 4. The molecule has 0 spiro atoms. The summed E-state index contributed by atoms with van der Waals surface area (Å²) in [7, 11) is 1.58. The number of H-pyrrole nitrogens is 1. The van der Waals surface area contributed by atoms with Gasteiger partial charge in [0.1, 0.15) is 23.0 Å². The Hall–Kier alpha value is -3.92. The predicted molar refractivity (Wildman–Crippen MR) is 126 cm³/mol. The van der Waals surface area contributed by atoms with Gasteiger partial charge >= 0.3 is 0 Å². The molecule has 3 heterocycles. The Morgan fingerprint density at radius 1 is 1.18 bits per heavy atom. The number of benzene rings is 1. The molecule has 0 radical (unpaired) electrons. The highest BCUT2D eigenvalue weighted by Crippen LogP contribution is 2.27. The lowest BCUT2D eigenvalue weighted by atomic mass is 10.2. The molecule has 170 valence electrons. The Bertz CT molecular complexity index is 1280. The molecule has 10 heteroatoms. The van der Waals surface area contributed by atoms with E-state index < -0.39 is 0 Å². The summed E-state index contributed by atoms with van der Waals surface area (Å²) in [5.74, 6) is 1.47. The van der Waals surface area contributed by atoms with E-state index in [-0.39, 0.29) is 24.0 Å². The lowest BCUT2D eigenvalue weighted by Gasteiger charge is -2.10. The number of nitrogens with one attached hydrogen (secondary N) is 2. The molecule has 0 unspecified atom stereocenters. The van der Waals surface area contributed by atoms with Crippen LogP contribution >= 0.6 is 11.3 Å². The molecule has 0 aliphatic rings. The second-order valence-electron chi connectivity index (χ2n) is 7.13. The number of thiophene rings is 1. The zero-order chi connectivity index (χ0) is 23.2. The molecular formula is C23H23N5O4S. The van der Waals surface area contributed by atoms with Crippen molar-refractivity contribution in [2.45, 2.75) is 19.8 Å². The molecule has 0 saturated carbocycles. The molecule has 1 aromatic carbocycles. The van der Waals surface area contributed by atoms with Crippen molar-refractivity contribution >= 4 is 23.1 Å². The van der Waals surface area contributed by atoms with E-state index in [9.17, 15) is 9.59 Å². The highest BCUT2D eigenvalue weighted by Gasteiger charge is 2.17. The molecule has 33 heavy (non-hydrogen) atoms. The molecule has 0 bridgehead atoms. The number of aromatic amines is 1. The number of carbonyl (C=O) groups excluding carboxylic acids is 1. The van der Waals surface area contributed by atoms with Gasteiger partial charge in [0.25, 0.3) is 11.5 Å². The van der Waals surface area contributed by atoms with Gasteiger partial charge < -0.3 is 14.8 Å². The zero-order valence-corrected chi connectivity index (χ0v) is 19.0. The third-order valence-electron chi connectivity index (χ3n) is 4.67. The van der Waals surface area contributed by atoms with Crippen molar-refractivity contribution in [3.05, 3.63) is 70.0 Å². The number of rotatable bonds is 9.